The molecule has 3 aromatic rings. The number of rotatable bonds is 1. The number of nitrogen functional groups attached to an aromatic ring is 1. The first-order valence-electron chi connectivity index (χ1n) is 6.78. The molecule has 0 unspecified atom stereocenters. The zero-order chi connectivity index (χ0) is 15.3. The molecule has 21 heavy (non-hydrogen) atoms. The van der Waals surface area contributed by atoms with Crippen LogP contribution in [-0.2, 0) is 0 Å². The van der Waals surface area contributed by atoms with Crippen LogP contribution >= 0.6 is 15.9 Å². The maximum absolute atomic E-state index is 6.10. The van der Waals surface area contributed by atoms with Crippen LogP contribution in [0.5, 0.6) is 0 Å². The van der Waals surface area contributed by atoms with Gasteiger partial charge < -0.3 is 5.73 Å². The van der Waals surface area contributed by atoms with Crippen molar-refractivity contribution in [1.29, 1.82) is 0 Å². The van der Waals surface area contributed by atoms with E-state index < -0.39 is 0 Å². The van der Waals surface area contributed by atoms with Crippen molar-refractivity contribution < 1.29 is 0 Å². The number of nitrogens with two attached hydrogens (primary N) is 1. The lowest BCUT2D eigenvalue weighted by atomic mass is 10.2. The average Bonchev–Trinajstić information content (AvgIpc) is 2.63. The Morgan fingerprint density at radius 3 is 2.48 bits per heavy atom. The Kier molecular flexibility index (Phi) is 3.24. The third-order valence-electron chi connectivity index (χ3n) is 3.84. The zero-order valence-electron chi connectivity index (χ0n) is 12.5. The van der Waals surface area contributed by atoms with E-state index in [4.69, 9.17) is 5.73 Å². The van der Waals surface area contributed by atoms with Gasteiger partial charge in [0, 0.05) is 10.2 Å². The molecule has 0 saturated carbocycles. The fraction of sp³-hybridized carbons (Fsp3) is 0.250. The van der Waals surface area contributed by atoms with Crippen LogP contribution in [0.2, 0.25) is 0 Å². The van der Waals surface area contributed by atoms with E-state index in [0.29, 0.717) is 11.6 Å². The predicted octanol–water partition coefficient (Wildman–Crippen LogP) is 4.00. The summed E-state index contributed by atoms with van der Waals surface area (Å²) < 4.78 is 3.18. The SMILES string of the molecule is Cc1ccc(-n2c(C)c(C)c3c(N)nc(C)nc32)c(Br)c1. The van der Waals surface area contributed by atoms with E-state index in [2.05, 4.69) is 69.4 Å². The van der Waals surface area contributed by atoms with E-state index in [-0.39, 0.29) is 0 Å². The highest BCUT2D eigenvalue weighted by Gasteiger charge is 2.18. The van der Waals surface area contributed by atoms with Crippen LogP contribution < -0.4 is 5.73 Å². The van der Waals surface area contributed by atoms with Crippen molar-refractivity contribution in [2.24, 2.45) is 0 Å². The fourth-order valence-electron chi connectivity index (χ4n) is 2.70. The average molecular weight is 345 g/mol. The van der Waals surface area contributed by atoms with Crippen LogP contribution in [0.3, 0.4) is 0 Å². The molecule has 4 nitrogen and oxygen atoms in total. The summed E-state index contributed by atoms with van der Waals surface area (Å²) in [5.74, 6) is 1.22. The van der Waals surface area contributed by atoms with E-state index in [1.165, 1.54) is 5.56 Å². The Balaban J connectivity index is 2.45. The van der Waals surface area contributed by atoms with Crippen LogP contribution in [0.4, 0.5) is 5.82 Å². The van der Waals surface area contributed by atoms with Crippen LogP contribution in [0.25, 0.3) is 16.7 Å². The summed E-state index contributed by atoms with van der Waals surface area (Å²) >= 11 is 3.65. The second kappa shape index (κ2) is 4.84. The predicted molar refractivity (Wildman–Crippen MR) is 89.9 cm³/mol. The minimum Gasteiger partial charge on any atom is -0.383 e. The first-order chi connectivity index (χ1) is 9.90. The van der Waals surface area contributed by atoms with Gasteiger partial charge in [-0.05, 0) is 66.9 Å². The lowest BCUT2D eigenvalue weighted by Crippen LogP contribution is -2.02. The van der Waals surface area contributed by atoms with Crippen molar-refractivity contribution in [3.63, 3.8) is 0 Å². The fourth-order valence-corrected chi connectivity index (χ4v) is 3.37. The van der Waals surface area contributed by atoms with Crippen molar-refractivity contribution in [1.82, 2.24) is 14.5 Å². The maximum atomic E-state index is 6.10. The lowest BCUT2D eigenvalue weighted by molar-refractivity contribution is 0.990. The molecule has 0 radical (unpaired) electrons. The Morgan fingerprint density at radius 1 is 1.10 bits per heavy atom. The van der Waals surface area contributed by atoms with Gasteiger partial charge in [0.2, 0.25) is 0 Å². The standard InChI is InChI=1S/C16H17BrN4/c1-8-5-6-13(12(17)7-8)21-10(3)9(2)14-15(18)19-11(4)20-16(14)21/h5-7H,1-4H3,(H2,18,19,20). The summed E-state index contributed by atoms with van der Waals surface area (Å²) in [4.78, 5) is 8.90. The number of aryl methyl sites for hydroxylation is 3. The van der Waals surface area contributed by atoms with Crippen LogP contribution in [0.1, 0.15) is 22.6 Å². The summed E-state index contributed by atoms with van der Waals surface area (Å²) in [6.07, 6.45) is 0. The van der Waals surface area contributed by atoms with Gasteiger partial charge in [-0.15, -0.1) is 0 Å². The first-order valence-corrected chi connectivity index (χ1v) is 7.57. The summed E-state index contributed by atoms with van der Waals surface area (Å²) in [7, 11) is 0. The summed E-state index contributed by atoms with van der Waals surface area (Å²) in [5.41, 5.74) is 11.5. The van der Waals surface area contributed by atoms with Crippen LogP contribution in [0, 0.1) is 27.7 Å². The topological polar surface area (TPSA) is 56.7 Å². The van der Waals surface area contributed by atoms with Crippen molar-refractivity contribution >= 4 is 32.8 Å². The number of halogens is 1. The van der Waals surface area contributed by atoms with Gasteiger partial charge in [0.15, 0.2) is 5.65 Å². The molecule has 0 aliphatic rings. The van der Waals surface area contributed by atoms with Gasteiger partial charge in [0.25, 0.3) is 0 Å². The molecule has 1 aromatic carbocycles. The van der Waals surface area contributed by atoms with Gasteiger partial charge in [-0.3, -0.25) is 4.57 Å². The third kappa shape index (κ3) is 2.12. The minimum atomic E-state index is 0.542. The van der Waals surface area contributed by atoms with Crippen molar-refractivity contribution in [3.05, 3.63) is 45.3 Å². The quantitative estimate of drug-likeness (QED) is 0.725. The Hall–Kier alpha value is -1.88. The van der Waals surface area contributed by atoms with Gasteiger partial charge in [-0.2, -0.15) is 0 Å². The number of fused-ring (bicyclic) bond motifs is 1. The van der Waals surface area contributed by atoms with E-state index in [1.54, 1.807) is 0 Å². The molecule has 0 fully saturated rings. The highest BCUT2D eigenvalue weighted by atomic mass is 79.9. The molecule has 0 spiro atoms. The van der Waals surface area contributed by atoms with E-state index in [9.17, 15) is 0 Å². The summed E-state index contributed by atoms with van der Waals surface area (Å²) in [5, 5.41) is 0.936. The smallest absolute Gasteiger partial charge is 0.150 e. The molecule has 0 saturated heterocycles. The summed E-state index contributed by atoms with van der Waals surface area (Å²) in [6, 6.07) is 6.30. The molecule has 5 heteroatoms. The second-order valence-corrected chi connectivity index (χ2v) is 6.21. The molecule has 2 aromatic heterocycles. The Bertz CT molecular complexity index is 865. The van der Waals surface area contributed by atoms with Crippen LogP contribution in [0.15, 0.2) is 22.7 Å². The van der Waals surface area contributed by atoms with E-state index >= 15 is 0 Å². The molecule has 0 amide bonds. The highest BCUT2D eigenvalue weighted by molar-refractivity contribution is 9.10. The van der Waals surface area contributed by atoms with Gasteiger partial charge in [0.05, 0.1) is 11.1 Å². The van der Waals surface area contributed by atoms with Gasteiger partial charge in [-0.25, -0.2) is 9.97 Å². The van der Waals surface area contributed by atoms with Crippen LogP contribution in [-0.4, -0.2) is 14.5 Å². The number of hydrogen-bond acceptors (Lipinski definition) is 3. The lowest BCUT2D eigenvalue weighted by Gasteiger charge is -2.11. The largest absolute Gasteiger partial charge is 0.383 e. The number of anilines is 1. The monoisotopic (exact) mass is 344 g/mol. The number of benzene rings is 1. The zero-order valence-corrected chi connectivity index (χ0v) is 14.1. The third-order valence-corrected chi connectivity index (χ3v) is 4.47. The number of hydrogen-bond donors (Lipinski definition) is 1. The maximum Gasteiger partial charge on any atom is 0.150 e. The van der Waals surface area contributed by atoms with Gasteiger partial charge >= 0.3 is 0 Å². The molecular formula is C16H17BrN4. The highest BCUT2D eigenvalue weighted by Crippen LogP contribution is 2.33. The number of nitrogens with zero attached hydrogens (tertiary/aromatic N) is 3. The van der Waals surface area contributed by atoms with Gasteiger partial charge in [0.1, 0.15) is 11.6 Å². The summed E-state index contributed by atoms with van der Waals surface area (Å²) in [6.45, 7) is 8.08. The molecule has 3 rings (SSSR count). The van der Waals surface area contributed by atoms with Gasteiger partial charge in [-0.1, -0.05) is 6.07 Å². The van der Waals surface area contributed by atoms with Crippen molar-refractivity contribution in [2.75, 3.05) is 5.73 Å². The molecule has 0 bridgehead atoms. The second-order valence-electron chi connectivity index (χ2n) is 5.36. The molecule has 2 N–H and O–H groups in total. The Labute approximate surface area is 132 Å². The van der Waals surface area contributed by atoms with Crippen molar-refractivity contribution in [3.8, 4) is 5.69 Å². The van der Waals surface area contributed by atoms with Crippen molar-refractivity contribution in [2.45, 2.75) is 27.7 Å². The molecule has 0 aliphatic carbocycles. The number of aromatic nitrogens is 3. The van der Waals surface area contributed by atoms with E-state index in [1.807, 2.05) is 6.92 Å². The molecule has 2 heterocycles. The minimum absolute atomic E-state index is 0.542. The normalized spacial score (nSPS) is 11.3. The molecular weight excluding hydrogens is 328 g/mol. The molecule has 0 aliphatic heterocycles. The molecule has 0 atom stereocenters. The first kappa shape index (κ1) is 14.1. The molecule has 108 valence electrons. The van der Waals surface area contributed by atoms with E-state index in [0.717, 1.165) is 32.5 Å². The Morgan fingerprint density at radius 2 is 1.81 bits per heavy atom.